The summed E-state index contributed by atoms with van der Waals surface area (Å²) in [6.45, 7) is 0. The van der Waals surface area contributed by atoms with Gasteiger partial charge in [-0.05, 0) is 35.1 Å². The van der Waals surface area contributed by atoms with Crippen molar-refractivity contribution in [2.45, 2.75) is 28.5 Å². The van der Waals surface area contributed by atoms with E-state index in [1.165, 1.54) is 27.1 Å². The molecule has 2 aromatic heterocycles. The molecule has 0 bridgehead atoms. The summed E-state index contributed by atoms with van der Waals surface area (Å²) >= 11 is 5.51. The Kier molecular flexibility index (Phi) is 6.51. The van der Waals surface area contributed by atoms with Gasteiger partial charge < -0.3 is 5.73 Å². The summed E-state index contributed by atoms with van der Waals surface area (Å²) in [5.74, 6) is 1.54. The molecule has 2 N–H and O–H groups in total. The Hall–Kier alpha value is -2.80. The van der Waals surface area contributed by atoms with Crippen molar-refractivity contribution < 1.29 is 0 Å². The number of aryl methyl sites for hydroxylation is 1. The minimum absolute atomic E-state index is 0.262. The van der Waals surface area contributed by atoms with Crippen molar-refractivity contribution in [2.75, 3.05) is 11.5 Å². The number of fused-ring (bicyclic) bond motifs is 3. The third-order valence-corrected chi connectivity index (χ3v) is 10.1. The van der Waals surface area contributed by atoms with E-state index in [-0.39, 0.29) is 5.25 Å². The predicted molar refractivity (Wildman–Crippen MR) is 151 cm³/mol. The third-order valence-electron chi connectivity index (χ3n) is 6.36. The average Bonchev–Trinajstić information content (AvgIpc) is 3.29. The second kappa shape index (κ2) is 10.1. The van der Waals surface area contributed by atoms with Crippen LogP contribution in [0.3, 0.4) is 0 Å². The fourth-order valence-electron chi connectivity index (χ4n) is 4.65. The van der Waals surface area contributed by atoms with Gasteiger partial charge in [0.15, 0.2) is 5.16 Å². The highest BCUT2D eigenvalue weighted by atomic mass is 32.2. The fraction of sp³-hybridized carbons (Fsp3) is 0.172. The summed E-state index contributed by atoms with van der Waals surface area (Å²) in [7, 11) is 0. The van der Waals surface area contributed by atoms with Gasteiger partial charge in [0.1, 0.15) is 10.6 Å². The van der Waals surface area contributed by atoms with Crippen LogP contribution in [0, 0.1) is 0 Å². The summed E-state index contributed by atoms with van der Waals surface area (Å²) in [5.41, 5.74) is 12.0. The van der Waals surface area contributed by atoms with Crippen molar-refractivity contribution in [3.8, 4) is 0 Å². The molecule has 3 aromatic carbocycles. The summed E-state index contributed by atoms with van der Waals surface area (Å²) < 4.78 is 0. The van der Waals surface area contributed by atoms with E-state index in [2.05, 4.69) is 91.0 Å². The molecule has 0 saturated heterocycles. The summed E-state index contributed by atoms with van der Waals surface area (Å²) in [4.78, 5) is 12.1. The average molecular weight is 512 g/mol. The molecular weight excluding hydrogens is 487 g/mol. The molecule has 2 atom stereocenters. The molecule has 0 spiro atoms. The fourth-order valence-corrected chi connectivity index (χ4v) is 8.56. The molecule has 0 fully saturated rings. The van der Waals surface area contributed by atoms with Gasteiger partial charge in [-0.1, -0.05) is 103 Å². The number of hydrogen-bond acceptors (Lipinski definition) is 6. The van der Waals surface area contributed by atoms with Gasteiger partial charge in [0, 0.05) is 15.9 Å². The van der Waals surface area contributed by atoms with E-state index in [4.69, 9.17) is 15.7 Å². The van der Waals surface area contributed by atoms with Gasteiger partial charge in [0.25, 0.3) is 0 Å². The zero-order chi connectivity index (χ0) is 23.6. The predicted octanol–water partition coefficient (Wildman–Crippen LogP) is 7.73. The van der Waals surface area contributed by atoms with Gasteiger partial charge in [0.2, 0.25) is 0 Å². The Morgan fingerprint density at radius 3 is 2.20 bits per heavy atom. The second-order valence-electron chi connectivity index (χ2n) is 8.63. The summed E-state index contributed by atoms with van der Waals surface area (Å²) in [6, 6.07) is 32.2. The van der Waals surface area contributed by atoms with E-state index in [0.717, 1.165) is 34.0 Å². The van der Waals surface area contributed by atoms with Crippen molar-refractivity contribution in [1.29, 1.82) is 0 Å². The molecule has 0 unspecified atom stereocenters. The van der Waals surface area contributed by atoms with E-state index in [0.29, 0.717) is 11.1 Å². The van der Waals surface area contributed by atoms with Gasteiger partial charge >= 0.3 is 0 Å². The number of nitrogens with zero attached hydrogens (tertiary/aromatic N) is 2. The Morgan fingerprint density at radius 2 is 1.49 bits per heavy atom. The molecule has 3 heterocycles. The zero-order valence-electron chi connectivity index (χ0n) is 19.1. The molecule has 1 aliphatic heterocycles. The van der Waals surface area contributed by atoms with Crippen molar-refractivity contribution in [3.63, 3.8) is 0 Å². The lowest BCUT2D eigenvalue weighted by Gasteiger charge is -2.30. The molecule has 1 aliphatic rings. The van der Waals surface area contributed by atoms with Gasteiger partial charge in [-0.2, -0.15) is 0 Å². The SMILES string of the molecule is Nc1nc(SCCc2ccccc2)nc2sc3c(c12)C[C@H](c1ccccc1)S[C@@H]3c1ccccc1. The molecule has 5 aromatic rings. The largest absolute Gasteiger partial charge is 0.383 e. The van der Waals surface area contributed by atoms with Crippen LogP contribution in [0.5, 0.6) is 0 Å². The number of nitrogen functional groups attached to an aromatic ring is 1. The zero-order valence-corrected chi connectivity index (χ0v) is 21.6. The van der Waals surface area contributed by atoms with Crippen LogP contribution in [0.25, 0.3) is 10.2 Å². The summed E-state index contributed by atoms with van der Waals surface area (Å²) in [5, 5.41) is 2.46. The molecular formula is C29H25N3S3. The van der Waals surface area contributed by atoms with Crippen LogP contribution in [0.15, 0.2) is 96.2 Å². The van der Waals surface area contributed by atoms with Crippen molar-refractivity contribution in [2.24, 2.45) is 0 Å². The first-order chi connectivity index (χ1) is 17.3. The number of thiophene rings is 1. The lowest BCUT2D eigenvalue weighted by atomic mass is 9.98. The van der Waals surface area contributed by atoms with Crippen LogP contribution in [-0.2, 0) is 12.8 Å². The minimum Gasteiger partial charge on any atom is -0.383 e. The molecule has 35 heavy (non-hydrogen) atoms. The molecule has 6 heteroatoms. The Morgan fingerprint density at radius 1 is 0.829 bits per heavy atom. The smallest absolute Gasteiger partial charge is 0.190 e. The Bertz CT molecular complexity index is 1440. The number of benzene rings is 3. The van der Waals surface area contributed by atoms with Gasteiger partial charge in [-0.15, -0.1) is 23.1 Å². The molecule has 174 valence electrons. The second-order valence-corrected chi connectivity index (χ2v) is 12.0. The van der Waals surface area contributed by atoms with Crippen molar-refractivity contribution in [3.05, 3.63) is 118 Å². The number of nitrogens with two attached hydrogens (primary N) is 1. The van der Waals surface area contributed by atoms with Crippen molar-refractivity contribution in [1.82, 2.24) is 9.97 Å². The molecule has 0 saturated carbocycles. The lowest BCUT2D eigenvalue weighted by Crippen LogP contribution is -2.12. The number of thioether (sulfide) groups is 2. The van der Waals surface area contributed by atoms with Gasteiger partial charge in [-0.3, -0.25) is 0 Å². The van der Waals surface area contributed by atoms with E-state index >= 15 is 0 Å². The van der Waals surface area contributed by atoms with Crippen LogP contribution in [-0.4, -0.2) is 15.7 Å². The number of hydrogen-bond donors (Lipinski definition) is 1. The summed E-state index contributed by atoms with van der Waals surface area (Å²) in [6.07, 6.45) is 1.93. The number of rotatable bonds is 6. The van der Waals surface area contributed by atoms with Crippen LogP contribution >= 0.6 is 34.9 Å². The Balaban J connectivity index is 1.36. The number of aromatic nitrogens is 2. The maximum absolute atomic E-state index is 6.61. The first-order valence-electron chi connectivity index (χ1n) is 11.8. The van der Waals surface area contributed by atoms with Crippen LogP contribution in [0.2, 0.25) is 0 Å². The maximum atomic E-state index is 6.61. The highest BCUT2D eigenvalue weighted by Gasteiger charge is 2.34. The molecule has 0 radical (unpaired) electrons. The van der Waals surface area contributed by atoms with Gasteiger partial charge in [-0.25, -0.2) is 9.97 Å². The molecule has 3 nitrogen and oxygen atoms in total. The monoisotopic (exact) mass is 511 g/mol. The van der Waals surface area contributed by atoms with E-state index < -0.39 is 0 Å². The van der Waals surface area contributed by atoms with Crippen molar-refractivity contribution >= 4 is 50.9 Å². The van der Waals surface area contributed by atoms with E-state index in [1.54, 1.807) is 23.1 Å². The molecule has 0 aliphatic carbocycles. The third kappa shape index (κ3) is 4.70. The van der Waals surface area contributed by atoms with Crippen LogP contribution in [0.1, 0.15) is 37.6 Å². The molecule has 0 amide bonds. The standard InChI is InChI=1S/C29H25N3S3/c30-27-24-22-18-23(20-12-6-2-7-13-20)34-25(21-14-8-3-9-15-21)26(22)35-28(24)32-29(31-27)33-17-16-19-10-4-1-5-11-19/h1-15,23,25H,16-18H2,(H2,30,31,32)/t23-,25-/m1/s1. The lowest BCUT2D eigenvalue weighted by molar-refractivity contribution is 0.893. The maximum Gasteiger partial charge on any atom is 0.190 e. The minimum atomic E-state index is 0.262. The van der Waals surface area contributed by atoms with E-state index in [1.807, 2.05) is 11.8 Å². The highest BCUT2D eigenvalue weighted by Crippen LogP contribution is 2.55. The quantitative estimate of drug-likeness (QED) is 0.187. The highest BCUT2D eigenvalue weighted by molar-refractivity contribution is 8.00. The normalized spacial score (nSPS) is 17.4. The molecule has 6 rings (SSSR count). The van der Waals surface area contributed by atoms with Gasteiger partial charge in [0.05, 0.1) is 10.6 Å². The Labute approximate surface area is 218 Å². The first-order valence-corrected chi connectivity index (χ1v) is 14.5. The number of anilines is 1. The first kappa shape index (κ1) is 22.7. The topological polar surface area (TPSA) is 51.8 Å². The van der Waals surface area contributed by atoms with E-state index in [9.17, 15) is 0 Å². The van der Waals surface area contributed by atoms with Crippen LogP contribution in [0.4, 0.5) is 5.82 Å². The van der Waals surface area contributed by atoms with Crippen LogP contribution < -0.4 is 5.73 Å².